The van der Waals surface area contributed by atoms with Crippen molar-refractivity contribution in [1.29, 1.82) is 0 Å². The van der Waals surface area contributed by atoms with Crippen LogP contribution in [0.1, 0.15) is 37.7 Å². The van der Waals surface area contributed by atoms with Crippen molar-refractivity contribution in [2.75, 3.05) is 53.6 Å². The molecule has 1 N–H and O–H groups in total. The van der Waals surface area contributed by atoms with E-state index in [1.165, 1.54) is 32.1 Å². The number of likely N-dealkylation sites (N-methyl/N-ethyl adjacent to an activating group) is 1. The predicted octanol–water partition coefficient (Wildman–Crippen LogP) is 3.04. The van der Waals surface area contributed by atoms with Gasteiger partial charge in [-0.05, 0) is 38.1 Å². The maximum atomic E-state index is 12.7. The summed E-state index contributed by atoms with van der Waals surface area (Å²) in [6.45, 7) is 5.30. The smallest absolute Gasteiger partial charge is 0.234 e. The molecule has 0 spiro atoms. The van der Waals surface area contributed by atoms with Crippen LogP contribution in [-0.4, -0.2) is 74.8 Å². The zero-order chi connectivity index (χ0) is 20.7. The van der Waals surface area contributed by atoms with E-state index >= 15 is 0 Å². The first-order valence-electron chi connectivity index (χ1n) is 10.6. The van der Waals surface area contributed by atoms with Gasteiger partial charge in [0.05, 0.1) is 26.9 Å². The molecule has 2 aliphatic rings. The van der Waals surface area contributed by atoms with Crippen molar-refractivity contribution in [2.45, 2.75) is 44.2 Å². The number of halogens is 1. The quantitative estimate of drug-likeness (QED) is 0.636. The highest BCUT2D eigenvalue weighted by Gasteiger charge is 2.38. The molecule has 0 radical (unpaired) electrons. The summed E-state index contributed by atoms with van der Waals surface area (Å²) in [5, 5.41) is 3.24. The molecule has 1 aliphatic carbocycles. The number of morpholine rings is 1. The van der Waals surface area contributed by atoms with Gasteiger partial charge in [0.1, 0.15) is 5.75 Å². The van der Waals surface area contributed by atoms with Crippen LogP contribution in [0.5, 0.6) is 5.75 Å². The molecule has 6 nitrogen and oxygen atoms in total. The summed E-state index contributed by atoms with van der Waals surface area (Å²) >= 11 is 3.51. The van der Waals surface area contributed by atoms with E-state index in [1.807, 2.05) is 30.1 Å². The Bertz CT molecular complexity index is 673. The lowest BCUT2D eigenvalue weighted by Crippen LogP contribution is -2.60. The van der Waals surface area contributed by atoms with E-state index in [4.69, 9.17) is 9.47 Å². The highest BCUT2D eigenvalue weighted by Crippen LogP contribution is 2.34. The molecule has 1 aromatic rings. The van der Waals surface area contributed by atoms with Gasteiger partial charge in [-0.3, -0.25) is 14.6 Å². The zero-order valence-electron chi connectivity index (χ0n) is 17.7. The number of rotatable bonds is 8. The first kappa shape index (κ1) is 22.5. The first-order chi connectivity index (χ1) is 14.0. The zero-order valence-corrected chi connectivity index (χ0v) is 19.3. The van der Waals surface area contributed by atoms with Gasteiger partial charge in [-0.1, -0.05) is 35.2 Å². The lowest BCUT2D eigenvalue weighted by Gasteiger charge is -2.48. The van der Waals surface area contributed by atoms with Crippen molar-refractivity contribution >= 4 is 21.8 Å². The molecule has 1 saturated heterocycles. The topological polar surface area (TPSA) is 54.0 Å². The van der Waals surface area contributed by atoms with E-state index in [-0.39, 0.29) is 11.4 Å². The average Bonchev–Trinajstić information content (AvgIpc) is 2.74. The Labute approximate surface area is 183 Å². The molecule has 1 aromatic carbocycles. The number of amides is 1. The number of benzene rings is 1. The van der Waals surface area contributed by atoms with Crippen molar-refractivity contribution in [3.8, 4) is 5.75 Å². The molecule has 2 fully saturated rings. The molecule has 29 heavy (non-hydrogen) atoms. The summed E-state index contributed by atoms with van der Waals surface area (Å²) in [7, 11) is 3.65. The van der Waals surface area contributed by atoms with Crippen LogP contribution in [0.2, 0.25) is 0 Å². The number of methoxy groups -OCH3 is 1. The average molecular weight is 468 g/mol. The van der Waals surface area contributed by atoms with E-state index < -0.39 is 0 Å². The summed E-state index contributed by atoms with van der Waals surface area (Å²) < 4.78 is 12.0. The predicted molar refractivity (Wildman–Crippen MR) is 118 cm³/mol. The van der Waals surface area contributed by atoms with Crippen molar-refractivity contribution in [2.24, 2.45) is 0 Å². The van der Waals surface area contributed by atoms with Crippen molar-refractivity contribution < 1.29 is 14.3 Å². The van der Waals surface area contributed by atoms with E-state index in [0.717, 1.165) is 48.6 Å². The SMILES string of the molecule is COc1ccc(Br)cc1CN(C)CC(=O)NCC1(N2CCOCC2)CCCCC1. The Hall–Kier alpha value is -1.15. The number of nitrogens with one attached hydrogen (secondary N) is 1. The molecular weight excluding hydrogens is 434 g/mol. The van der Waals surface area contributed by atoms with E-state index in [1.54, 1.807) is 7.11 Å². The summed E-state index contributed by atoms with van der Waals surface area (Å²) in [5.74, 6) is 0.925. The minimum Gasteiger partial charge on any atom is -0.496 e. The van der Waals surface area contributed by atoms with E-state index in [9.17, 15) is 4.79 Å². The number of ether oxygens (including phenoxy) is 2. The minimum atomic E-state index is 0.0830. The fraction of sp³-hybridized carbons (Fsp3) is 0.682. The van der Waals surface area contributed by atoms with E-state index in [0.29, 0.717) is 13.1 Å². The Morgan fingerprint density at radius 2 is 2.00 bits per heavy atom. The standard InChI is InChI=1S/C22H34BrN3O3/c1-25(15-18-14-19(23)6-7-20(18)28-2)16-21(27)24-17-22(8-4-3-5-9-22)26-10-12-29-13-11-26/h6-7,14H,3-5,8-13,15-17H2,1-2H3,(H,24,27). The third-order valence-electron chi connectivity index (χ3n) is 6.18. The van der Waals surface area contributed by atoms with Crippen LogP contribution in [0.3, 0.4) is 0 Å². The first-order valence-corrected chi connectivity index (χ1v) is 11.4. The Morgan fingerprint density at radius 3 is 2.69 bits per heavy atom. The van der Waals surface area contributed by atoms with Crippen molar-refractivity contribution in [1.82, 2.24) is 15.1 Å². The van der Waals surface area contributed by atoms with Gasteiger partial charge in [0.15, 0.2) is 0 Å². The maximum Gasteiger partial charge on any atom is 0.234 e. The second-order valence-electron chi connectivity index (χ2n) is 8.29. The molecule has 0 aromatic heterocycles. The van der Waals surface area contributed by atoms with Crippen LogP contribution >= 0.6 is 15.9 Å². The molecule has 1 saturated carbocycles. The molecule has 3 rings (SSSR count). The second-order valence-corrected chi connectivity index (χ2v) is 9.21. The highest BCUT2D eigenvalue weighted by atomic mass is 79.9. The van der Waals surface area contributed by atoms with Crippen LogP contribution in [0.4, 0.5) is 0 Å². The number of carbonyl (C=O) groups excluding carboxylic acids is 1. The number of hydrogen-bond acceptors (Lipinski definition) is 5. The third-order valence-corrected chi connectivity index (χ3v) is 6.67. The molecule has 0 unspecified atom stereocenters. The van der Waals surface area contributed by atoms with Crippen molar-refractivity contribution in [3.63, 3.8) is 0 Å². The van der Waals surface area contributed by atoms with Crippen LogP contribution in [-0.2, 0) is 16.1 Å². The molecule has 0 atom stereocenters. The fourth-order valence-electron chi connectivity index (χ4n) is 4.63. The molecular formula is C22H34BrN3O3. The lowest BCUT2D eigenvalue weighted by atomic mass is 9.79. The summed E-state index contributed by atoms with van der Waals surface area (Å²) in [5.41, 5.74) is 1.17. The van der Waals surface area contributed by atoms with Gasteiger partial charge in [0.25, 0.3) is 0 Å². The van der Waals surface area contributed by atoms with Gasteiger partial charge in [-0.15, -0.1) is 0 Å². The Kier molecular flexibility index (Phi) is 8.35. The second kappa shape index (κ2) is 10.8. The summed E-state index contributed by atoms with van der Waals surface area (Å²) in [6.07, 6.45) is 6.12. The molecule has 1 amide bonds. The van der Waals surface area contributed by atoms with Crippen LogP contribution in [0.25, 0.3) is 0 Å². The molecule has 7 heteroatoms. The lowest BCUT2D eigenvalue weighted by molar-refractivity contribution is -0.123. The van der Waals surface area contributed by atoms with Crippen molar-refractivity contribution in [3.05, 3.63) is 28.2 Å². The minimum absolute atomic E-state index is 0.0830. The van der Waals surface area contributed by atoms with Crippen LogP contribution < -0.4 is 10.1 Å². The molecule has 1 aliphatic heterocycles. The number of carbonyl (C=O) groups is 1. The number of nitrogens with zero attached hydrogens (tertiary/aromatic N) is 2. The summed E-state index contributed by atoms with van der Waals surface area (Å²) in [4.78, 5) is 17.3. The third kappa shape index (κ3) is 6.17. The van der Waals surface area contributed by atoms with Gasteiger partial charge < -0.3 is 14.8 Å². The number of hydrogen-bond donors (Lipinski definition) is 1. The van der Waals surface area contributed by atoms with Gasteiger partial charge in [0, 0.05) is 41.8 Å². The highest BCUT2D eigenvalue weighted by molar-refractivity contribution is 9.10. The molecule has 0 bridgehead atoms. The van der Waals surface area contributed by atoms with Gasteiger partial charge in [-0.25, -0.2) is 0 Å². The van der Waals surface area contributed by atoms with E-state index in [2.05, 4.69) is 26.1 Å². The largest absolute Gasteiger partial charge is 0.496 e. The monoisotopic (exact) mass is 467 g/mol. The van der Waals surface area contributed by atoms with Gasteiger partial charge >= 0.3 is 0 Å². The Balaban J connectivity index is 1.54. The van der Waals surface area contributed by atoms with Gasteiger partial charge in [-0.2, -0.15) is 0 Å². The normalized spacial score (nSPS) is 19.9. The fourth-order valence-corrected chi connectivity index (χ4v) is 5.04. The van der Waals surface area contributed by atoms with Crippen LogP contribution in [0.15, 0.2) is 22.7 Å². The van der Waals surface area contributed by atoms with Crippen LogP contribution in [0, 0.1) is 0 Å². The molecule has 1 heterocycles. The Morgan fingerprint density at radius 1 is 1.28 bits per heavy atom. The molecule has 162 valence electrons. The maximum absolute atomic E-state index is 12.7. The summed E-state index contributed by atoms with van der Waals surface area (Å²) in [6, 6.07) is 5.95. The van der Waals surface area contributed by atoms with Gasteiger partial charge in [0.2, 0.25) is 5.91 Å².